The lowest BCUT2D eigenvalue weighted by Crippen LogP contribution is -2.40. The highest BCUT2D eigenvalue weighted by Crippen LogP contribution is 2.28. The van der Waals surface area contributed by atoms with Gasteiger partial charge in [0.2, 0.25) is 11.6 Å². The smallest absolute Gasteiger partial charge is 0.345 e. The van der Waals surface area contributed by atoms with Gasteiger partial charge in [-0.25, -0.2) is 9.18 Å². The molecule has 2 atom stereocenters. The van der Waals surface area contributed by atoms with Crippen LogP contribution in [0.2, 0.25) is 0 Å². The molecule has 0 saturated carbocycles. The number of hydrogen-bond acceptors (Lipinski definition) is 3. The van der Waals surface area contributed by atoms with Crippen molar-refractivity contribution in [2.45, 2.75) is 38.8 Å². The molecule has 0 unspecified atom stereocenters. The van der Waals surface area contributed by atoms with Gasteiger partial charge in [-0.2, -0.15) is 0 Å². The number of likely N-dealkylation sites (tertiary alicyclic amines) is 1. The van der Waals surface area contributed by atoms with Gasteiger partial charge in [-0.3, -0.25) is 4.79 Å². The van der Waals surface area contributed by atoms with Crippen LogP contribution in [0, 0.1) is 5.92 Å². The molecule has 1 rings (SSSR count). The van der Waals surface area contributed by atoms with Crippen molar-refractivity contribution >= 4 is 11.9 Å². The number of halogens is 1. The summed E-state index contributed by atoms with van der Waals surface area (Å²) in [5, 5.41) is 0. The number of nitrogens with zero attached hydrogens (tertiary/aromatic N) is 1. The van der Waals surface area contributed by atoms with E-state index in [0.29, 0.717) is 13.0 Å². The predicted molar refractivity (Wildman–Crippen MR) is 61.1 cm³/mol. The fraction of sp³-hybridized carbons (Fsp3) is 0.833. The average molecular weight is 245 g/mol. The number of carbonyl (C=O) groups excluding carboxylic acids is 2. The minimum atomic E-state index is -2.01. The monoisotopic (exact) mass is 245 g/mol. The van der Waals surface area contributed by atoms with Gasteiger partial charge in [0.15, 0.2) is 0 Å². The summed E-state index contributed by atoms with van der Waals surface area (Å²) in [5.41, 5.74) is -2.01. The Labute approximate surface area is 101 Å². The molecule has 0 bridgehead atoms. The summed E-state index contributed by atoms with van der Waals surface area (Å²) in [6.07, 6.45) is 1.36. The molecule has 1 saturated heterocycles. The van der Waals surface area contributed by atoms with Gasteiger partial charge in [-0.05, 0) is 5.92 Å². The second-order valence-electron chi connectivity index (χ2n) is 4.74. The van der Waals surface area contributed by atoms with Crippen LogP contribution in [0.5, 0.6) is 0 Å². The van der Waals surface area contributed by atoms with Crippen LogP contribution < -0.4 is 0 Å². The van der Waals surface area contributed by atoms with Crippen LogP contribution in [0.1, 0.15) is 33.1 Å². The quantitative estimate of drug-likeness (QED) is 0.706. The molecular weight excluding hydrogens is 225 g/mol. The third-order valence-corrected chi connectivity index (χ3v) is 3.34. The van der Waals surface area contributed by atoms with Crippen molar-refractivity contribution < 1.29 is 18.7 Å². The Balaban J connectivity index is 2.55. The van der Waals surface area contributed by atoms with Crippen molar-refractivity contribution in [3.05, 3.63) is 0 Å². The van der Waals surface area contributed by atoms with E-state index in [4.69, 9.17) is 0 Å². The number of carbonyl (C=O) groups is 2. The minimum Gasteiger partial charge on any atom is -0.467 e. The maximum absolute atomic E-state index is 14.1. The van der Waals surface area contributed by atoms with Gasteiger partial charge >= 0.3 is 5.97 Å². The van der Waals surface area contributed by atoms with Crippen LogP contribution in [-0.2, 0) is 14.3 Å². The minimum absolute atomic E-state index is 0.0337. The molecule has 1 fully saturated rings. The average Bonchev–Trinajstić information content (AvgIpc) is 2.72. The van der Waals surface area contributed by atoms with Crippen LogP contribution >= 0.6 is 0 Å². The van der Waals surface area contributed by atoms with Crippen molar-refractivity contribution in [1.82, 2.24) is 4.90 Å². The molecule has 5 heteroatoms. The number of rotatable bonds is 4. The molecule has 0 N–H and O–H groups in total. The van der Waals surface area contributed by atoms with Crippen molar-refractivity contribution in [2.75, 3.05) is 20.2 Å². The fourth-order valence-electron chi connectivity index (χ4n) is 1.91. The Hall–Kier alpha value is -1.13. The lowest BCUT2D eigenvalue weighted by atomic mass is 10.0. The molecule has 1 amide bonds. The predicted octanol–water partition coefficient (Wildman–Crippen LogP) is 1.54. The summed E-state index contributed by atoms with van der Waals surface area (Å²) in [6, 6.07) is 0. The Morgan fingerprint density at radius 2 is 2.18 bits per heavy atom. The summed E-state index contributed by atoms with van der Waals surface area (Å²) in [4.78, 5) is 24.5. The number of methoxy groups -OCH3 is 1. The van der Waals surface area contributed by atoms with E-state index in [1.54, 1.807) is 0 Å². The highest BCUT2D eigenvalue weighted by molar-refractivity contribution is 5.83. The zero-order chi connectivity index (χ0) is 13.1. The van der Waals surface area contributed by atoms with E-state index in [1.807, 2.05) is 13.8 Å². The van der Waals surface area contributed by atoms with Crippen LogP contribution in [0.25, 0.3) is 0 Å². The van der Waals surface area contributed by atoms with Gasteiger partial charge in [-0.15, -0.1) is 0 Å². The van der Waals surface area contributed by atoms with Crippen molar-refractivity contribution in [1.29, 1.82) is 0 Å². The van der Waals surface area contributed by atoms with Gasteiger partial charge in [0, 0.05) is 19.4 Å². The van der Waals surface area contributed by atoms with E-state index in [9.17, 15) is 14.0 Å². The molecule has 0 radical (unpaired) electrons. The van der Waals surface area contributed by atoms with E-state index in [0.717, 1.165) is 13.5 Å². The third-order valence-electron chi connectivity index (χ3n) is 3.34. The first-order valence-electron chi connectivity index (χ1n) is 5.98. The maximum atomic E-state index is 14.1. The zero-order valence-corrected chi connectivity index (χ0v) is 10.7. The normalized spacial score (nSPS) is 25.8. The van der Waals surface area contributed by atoms with Gasteiger partial charge < -0.3 is 9.64 Å². The van der Waals surface area contributed by atoms with Crippen LogP contribution in [0.4, 0.5) is 4.39 Å². The molecular formula is C12H20FNO3. The summed E-state index contributed by atoms with van der Waals surface area (Å²) in [5.74, 6) is -0.672. The standard InChI is InChI=1S/C12H20FNO3/c1-4-9(2)7-10(15)14-6-5-12(13,8-14)11(16)17-3/h9H,4-8H2,1-3H3/t9-,12-/m0/s1. The fourth-order valence-corrected chi connectivity index (χ4v) is 1.91. The van der Waals surface area contributed by atoms with Gasteiger partial charge in [0.25, 0.3) is 0 Å². The Morgan fingerprint density at radius 1 is 1.53 bits per heavy atom. The third kappa shape index (κ3) is 3.17. The number of ether oxygens (including phenoxy) is 1. The van der Waals surface area contributed by atoms with Gasteiger partial charge in [0.1, 0.15) is 0 Å². The molecule has 4 nitrogen and oxygen atoms in total. The number of amides is 1. The lowest BCUT2D eigenvalue weighted by Gasteiger charge is -2.20. The Bertz CT molecular complexity index is 308. The van der Waals surface area contributed by atoms with E-state index in [1.165, 1.54) is 4.90 Å². The van der Waals surface area contributed by atoms with Crippen molar-refractivity contribution in [3.8, 4) is 0 Å². The molecule has 17 heavy (non-hydrogen) atoms. The first-order valence-corrected chi connectivity index (χ1v) is 5.98. The molecule has 98 valence electrons. The molecule has 0 aromatic heterocycles. The number of hydrogen-bond donors (Lipinski definition) is 0. The van der Waals surface area contributed by atoms with Crippen LogP contribution in [-0.4, -0.2) is 42.6 Å². The molecule has 0 aromatic rings. The number of esters is 1. The lowest BCUT2D eigenvalue weighted by molar-refractivity contribution is -0.154. The van der Waals surface area contributed by atoms with Crippen molar-refractivity contribution in [3.63, 3.8) is 0 Å². The second-order valence-corrected chi connectivity index (χ2v) is 4.74. The van der Waals surface area contributed by atoms with E-state index in [-0.39, 0.29) is 24.8 Å². The summed E-state index contributed by atoms with van der Waals surface area (Å²) in [6.45, 7) is 4.11. The summed E-state index contributed by atoms with van der Waals surface area (Å²) >= 11 is 0. The Morgan fingerprint density at radius 3 is 2.71 bits per heavy atom. The largest absolute Gasteiger partial charge is 0.467 e. The van der Waals surface area contributed by atoms with E-state index in [2.05, 4.69) is 4.74 Å². The van der Waals surface area contributed by atoms with Crippen LogP contribution in [0.15, 0.2) is 0 Å². The topological polar surface area (TPSA) is 46.6 Å². The van der Waals surface area contributed by atoms with Crippen molar-refractivity contribution in [2.24, 2.45) is 5.92 Å². The molecule has 1 heterocycles. The highest BCUT2D eigenvalue weighted by atomic mass is 19.1. The molecule has 1 aliphatic rings. The van der Waals surface area contributed by atoms with E-state index < -0.39 is 11.6 Å². The Kier molecular flexibility index (Phi) is 4.48. The first kappa shape index (κ1) is 13.9. The van der Waals surface area contributed by atoms with Gasteiger partial charge in [0.05, 0.1) is 13.7 Å². The highest BCUT2D eigenvalue weighted by Gasteiger charge is 2.47. The second kappa shape index (κ2) is 5.47. The summed E-state index contributed by atoms with van der Waals surface area (Å²) in [7, 11) is 1.16. The molecule has 0 aromatic carbocycles. The molecule has 0 spiro atoms. The van der Waals surface area contributed by atoms with E-state index >= 15 is 0 Å². The molecule has 1 aliphatic heterocycles. The first-order chi connectivity index (χ1) is 7.92. The van der Waals surface area contributed by atoms with Gasteiger partial charge in [-0.1, -0.05) is 20.3 Å². The summed E-state index contributed by atoms with van der Waals surface area (Å²) < 4.78 is 18.5. The number of alkyl halides is 1. The zero-order valence-electron chi connectivity index (χ0n) is 10.7. The van der Waals surface area contributed by atoms with Crippen LogP contribution in [0.3, 0.4) is 0 Å². The SMILES string of the molecule is CC[C@H](C)CC(=O)N1CC[C@@](F)(C(=O)OC)C1. The molecule has 0 aliphatic carbocycles. The maximum Gasteiger partial charge on any atom is 0.345 e.